The SMILES string of the molecule is CCCN1C[C@](O)([C@@H](O)[C@H](O)[C@H](O)CO)SC1=S. The van der Waals surface area contributed by atoms with Gasteiger partial charge in [0, 0.05) is 6.54 Å². The van der Waals surface area contributed by atoms with Crippen LogP contribution in [0.5, 0.6) is 0 Å². The second kappa shape index (κ2) is 6.47. The van der Waals surface area contributed by atoms with E-state index in [1.165, 1.54) is 0 Å². The Morgan fingerprint density at radius 1 is 1.44 bits per heavy atom. The summed E-state index contributed by atoms with van der Waals surface area (Å²) in [5, 5.41) is 47.8. The van der Waals surface area contributed by atoms with E-state index in [1.807, 2.05) is 6.92 Å². The van der Waals surface area contributed by atoms with Gasteiger partial charge in [0.2, 0.25) is 0 Å². The van der Waals surface area contributed by atoms with Crippen LogP contribution in [0.15, 0.2) is 0 Å². The van der Waals surface area contributed by atoms with Crippen molar-refractivity contribution >= 4 is 28.3 Å². The summed E-state index contributed by atoms with van der Waals surface area (Å²) in [6.07, 6.45) is -3.88. The van der Waals surface area contributed by atoms with E-state index in [0.29, 0.717) is 10.9 Å². The molecule has 0 saturated carbocycles. The van der Waals surface area contributed by atoms with Gasteiger partial charge in [-0.2, -0.15) is 0 Å². The van der Waals surface area contributed by atoms with E-state index in [-0.39, 0.29) is 6.54 Å². The van der Waals surface area contributed by atoms with Crippen LogP contribution in [0, 0.1) is 0 Å². The monoisotopic (exact) mass is 297 g/mol. The molecular weight excluding hydrogens is 278 g/mol. The first-order valence-corrected chi connectivity index (χ1v) is 6.93. The van der Waals surface area contributed by atoms with Crippen LogP contribution in [-0.2, 0) is 0 Å². The topological polar surface area (TPSA) is 104 Å². The van der Waals surface area contributed by atoms with Gasteiger partial charge in [0.1, 0.15) is 22.6 Å². The van der Waals surface area contributed by atoms with Crippen LogP contribution in [0.3, 0.4) is 0 Å². The number of thiocarbonyl (C=S) groups is 1. The molecular formula is C10H19NO5S2. The molecule has 0 aromatic rings. The minimum atomic E-state index is -1.66. The van der Waals surface area contributed by atoms with Crippen LogP contribution >= 0.6 is 24.0 Å². The molecule has 1 aliphatic heterocycles. The molecule has 0 radical (unpaired) electrons. The normalized spacial score (nSPS) is 29.4. The smallest absolute Gasteiger partial charge is 0.162 e. The quantitative estimate of drug-likeness (QED) is 0.377. The number of β-amino-alcohol motifs (C(OH)–C–C–N with tert-alkyl or cyclic N) is 1. The summed E-state index contributed by atoms with van der Waals surface area (Å²) < 4.78 is 0.448. The zero-order valence-electron chi connectivity index (χ0n) is 10.1. The number of hydrogen-bond donors (Lipinski definition) is 5. The Bertz CT molecular complexity index is 306. The Morgan fingerprint density at radius 3 is 2.56 bits per heavy atom. The fraction of sp³-hybridized carbons (Fsp3) is 0.900. The van der Waals surface area contributed by atoms with Gasteiger partial charge in [0.15, 0.2) is 4.93 Å². The maximum absolute atomic E-state index is 10.3. The number of rotatable bonds is 6. The number of aliphatic hydroxyl groups is 5. The van der Waals surface area contributed by atoms with Crippen molar-refractivity contribution in [2.24, 2.45) is 0 Å². The van der Waals surface area contributed by atoms with Gasteiger partial charge in [-0.3, -0.25) is 0 Å². The molecule has 8 heteroatoms. The molecule has 0 aromatic heterocycles. The summed E-state index contributed by atoms with van der Waals surface area (Å²) in [6, 6.07) is 0. The molecule has 0 aromatic carbocycles. The summed E-state index contributed by atoms with van der Waals surface area (Å²) in [4.78, 5) is 0.0725. The molecule has 5 N–H and O–H groups in total. The molecule has 1 saturated heterocycles. The van der Waals surface area contributed by atoms with Crippen LogP contribution in [0.4, 0.5) is 0 Å². The van der Waals surface area contributed by atoms with Gasteiger partial charge in [-0.25, -0.2) is 0 Å². The molecule has 106 valence electrons. The first kappa shape index (κ1) is 16.1. The number of nitrogens with zero attached hydrogens (tertiary/aromatic N) is 1. The van der Waals surface area contributed by atoms with Crippen molar-refractivity contribution in [3.8, 4) is 0 Å². The van der Waals surface area contributed by atoms with Crippen molar-refractivity contribution in [2.45, 2.75) is 36.6 Å². The van der Waals surface area contributed by atoms with Gasteiger partial charge in [-0.15, -0.1) is 0 Å². The lowest BCUT2D eigenvalue weighted by molar-refractivity contribution is -0.126. The highest BCUT2D eigenvalue weighted by Gasteiger charge is 2.49. The van der Waals surface area contributed by atoms with E-state index in [0.717, 1.165) is 18.2 Å². The van der Waals surface area contributed by atoms with Crippen LogP contribution in [0.1, 0.15) is 13.3 Å². The van der Waals surface area contributed by atoms with Gasteiger partial charge in [0.05, 0.1) is 13.2 Å². The van der Waals surface area contributed by atoms with Gasteiger partial charge in [0.25, 0.3) is 0 Å². The molecule has 0 aliphatic carbocycles. The van der Waals surface area contributed by atoms with E-state index in [4.69, 9.17) is 17.3 Å². The van der Waals surface area contributed by atoms with Crippen molar-refractivity contribution in [1.82, 2.24) is 4.90 Å². The number of thioether (sulfide) groups is 1. The Hall–Kier alpha value is 0.0400. The molecule has 0 bridgehead atoms. The van der Waals surface area contributed by atoms with Crippen molar-refractivity contribution in [1.29, 1.82) is 0 Å². The Balaban J connectivity index is 2.73. The fourth-order valence-electron chi connectivity index (χ4n) is 1.77. The fourth-order valence-corrected chi connectivity index (χ4v) is 3.42. The van der Waals surface area contributed by atoms with Crippen molar-refractivity contribution in [3.05, 3.63) is 0 Å². The molecule has 0 amide bonds. The lowest BCUT2D eigenvalue weighted by Gasteiger charge is -2.32. The Morgan fingerprint density at radius 2 is 2.06 bits per heavy atom. The van der Waals surface area contributed by atoms with Crippen LogP contribution in [0.2, 0.25) is 0 Å². The van der Waals surface area contributed by atoms with Gasteiger partial charge in [-0.1, -0.05) is 30.9 Å². The van der Waals surface area contributed by atoms with Crippen molar-refractivity contribution in [2.75, 3.05) is 19.7 Å². The third-order valence-electron chi connectivity index (χ3n) is 2.80. The first-order chi connectivity index (χ1) is 8.35. The molecule has 0 unspecified atom stereocenters. The highest BCUT2D eigenvalue weighted by molar-refractivity contribution is 8.24. The Kier molecular flexibility index (Phi) is 5.78. The molecule has 1 heterocycles. The molecule has 0 spiro atoms. The maximum atomic E-state index is 10.3. The van der Waals surface area contributed by atoms with E-state index in [1.54, 1.807) is 4.90 Å². The average Bonchev–Trinajstić information content (AvgIpc) is 2.63. The van der Waals surface area contributed by atoms with E-state index >= 15 is 0 Å². The lowest BCUT2D eigenvalue weighted by Crippen LogP contribution is -2.53. The second-order valence-corrected chi connectivity index (χ2v) is 6.26. The zero-order chi connectivity index (χ0) is 13.9. The zero-order valence-corrected chi connectivity index (χ0v) is 11.7. The molecule has 6 nitrogen and oxygen atoms in total. The largest absolute Gasteiger partial charge is 0.394 e. The summed E-state index contributed by atoms with van der Waals surface area (Å²) in [5.41, 5.74) is 0. The van der Waals surface area contributed by atoms with Crippen LogP contribution in [-0.4, -0.2) is 77.7 Å². The van der Waals surface area contributed by atoms with Gasteiger partial charge >= 0.3 is 0 Å². The molecule has 1 fully saturated rings. The van der Waals surface area contributed by atoms with Gasteiger partial charge < -0.3 is 30.4 Å². The summed E-state index contributed by atoms with van der Waals surface area (Å²) >= 11 is 5.97. The predicted molar refractivity (Wildman–Crippen MR) is 72.1 cm³/mol. The van der Waals surface area contributed by atoms with Crippen molar-refractivity contribution in [3.63, 3.8) is 0 Å². The van der Waals surface area contributed by atoms with Crippen LogP contribution < -0.4 is 0 Å². The standard InChI is InChI=1S/C10H19NO5S2/c1-2-3-11-5-10(16,18-9(11)17)8(15)7(14)6(13)4-12/h6-8,12-16H,2-5H2,1H3/t6-,7-,8+,10-/m1/s1. The highest BCUT2D eigenvalue weighted by atomic mass is 32.2. The molecule has 18 heavy (non-hydrogen) atoms. The molecule has 4 atom stereocenters. The maximum Gasteiger partial charge on any atom is 0.162 e. The molecule has 1 aliphatic rings. The average molecular weight is 297 g/mol. The van der Waals surface area contributed by atoms with Gasteiger partial charge in [-0.05, 0) is 6.42 Å². The van der Waals surface area contributed by atoms with Crippen molar-refractivity contribution < 1.29 is 25.5 Å². The number of hydrogen-bond acceptors (Lipinski definition) is 7. The lowest BCUT2D eigenvalue weighted by atomic mass is 10.0. The summed E-state index contributed by atoms with van der Waals surface area (Å²) in [6.45, 7) is 2.01. The molecule has 1 rings (SSSR count). The Labute approximate surface area is 115 Å². The highest BCUT2D eigenvalue weighted by Crippen LogP contribution is 2.38. The third-order valence-corrected chi connectivity index (χ3v) is 4.47. The third kappa shape index (κ3) is 3.32. The summed E-state index contributed by atoms with van der Waals surface area (Å²) in [5.74, 6) is 0. The van der Waals surface area contributed by atoms with E-state index in [9.17, 15) is 20.4 Å². The predicted octanol–water partition coefficient (Wildman–Crippen LogP) is -1.51. The second-order valence-electron chi connectivity index (χ2n) is 4.32. The summed E-state index contributed by atoms with van der Waals surface area (Å²) in [7, 11) is 0. The minimum absolute atomic E-state index is 0.0840. The first-order valence-electron chi connectivity index (χ1n) is 5.71. The van der Waals surface area contributed by atoms with Crippen LogP contribution in [0.25, 0.3) is 0 Å². The minimum Gasteiger partial charge on any atom is -0.394 e. The van der Waals surface area contributed by atoms with E-state index < -0.39 is 29.9 Å². The van der Waals surface area contributed by atoms with E-state index in [2.05, 4.69) is 0 Å². The number of aliphatic hydroxyl groups excluding tert-OH is 4.